The molecule has 12 heteroatoms. The molecule has 46 heavy (non-hydrogen) atoms. The van der Waals surface area contributed by atoms with Crippen LogP contribution in [0.3, 0.4) is 0 Å². The highest BCUT2D eigenvalue weighted by Gasteiger charge is 2.47. The standard InChI is InChI=1S/C34H63NO5Si6/c1-14-15-16-17-18-19-28-41(2,3)36-43(6,7)38-45(10,11)40-46(12,13)39-44(8,9)37-42(4,5)30-32-22-26-34(27-23-32)33-24-20-31(29-35)21-25-33/h20-27H,14-19,28,30H2,1-13H3. The van der Waals surface area contributed by atoms with E-state index >= 15 is 0 Å². The van der Waals surface area contributed by atoms with E-state index in [4.69, 9.17) is 25.8 Å². The van der Waals surface area contributed by atoms with E-state index in [0.717, 1.165) is 17.2 Å². The number of nitrogens with zero attached hydrogens (tertiary/aromatic N) is 1. The minimum Gasteiger partial charge on any atom is -0.436 e. The first-order valence-corrected chi connectivity index (χ1v) is 34.7. The summed E-state index contributed by atoms with van der Waals surface area (Å²) in [5.41, 5.74) is 4.20. The molecule has 0 unspecified atom stereocenters. The number of unbranched alkanes of at least 4 members (excludes halogenated alkanes) is 5. The van der Waals surface area contributed by atoms with E-state index in [1.807, 2.05) is 24.3 Å². The van der Waals surface area contributed by atoms with Crippen molar-refractivity contribution in [3.63, 3.8) is 0 Å². The fourth-order valence-corrected chi connectivity index (χ4v) is 36.7. The number of hydrogen-bond donors (Lipinski definition) is 0. The van der Waals surface area contributed by atoms with Crippen molar-refractivity contribution in [1.82, 2.24) is 0 Å². The van der Waals surface area contributed by atoms with Gasteiger partial charge in [0.15, 0.2) is 16.6 Å². The van der Waals surface area contributed by atoms with Crippen LogP contribution in [0.4, 0.5) is 0 Å². The predicted molar refractivity (Wildman–Crippen MR) is 209 cm³/mol. The highest BCUT2D eigenvalue weighted by atomic mass is 28.5. The second kappa shape index (κ2) is 17.1. The van der Waals surface area contributed by atoms with Crippen molar-refractivity contribution in [3.8, 4) is 17.2 Å². The topological polar surface area (TPSA) is 69.9 Å². The van der Waals surface area contributed by atoms with Gasteiger partial charge in [0, 0.05) is 0 Å². The molecule has 6 nitrogen and oxygen atoms in total. The molecule has 0 amide bonds. The van der Waals surface area contributed by atoms with Crippen LogP contribution in [0.2, 0.25) is 84.6 Å². The van der Waals surface area contributed by atoms with Gasteiger partial charge >= 0.3 is 34.2 Å². The van der Waals surface area contributed by atoms with E-state index in [9.17, 15) is 0 Å². The monoisotopic (exact) mass is 733 g/mol. The molecule has 0 N–H and O–H groups in total. The van der Waals surface area contributed by atoms with E-state index < -0.39 is 50.9 Å². The van der Waals surface area contributed by atoms with Crippen LogP contribution in [0.1, 0.15) is 56.6 Å². The molecule has 2 aromatic rings. The zero-order valence-electron chi connectivity index (χ0n) is 31.3. The van der Waals surface area contributed by atoms with Crippen LogP contribution < -0.4 is 0 Å². The third-order valence-corrected chi connectivity index (χ3v) is 30.6. The minimum absolute atomic E-state index is 0.675. The van der Waals surface area contributed by atoms with Crippen LogP contribution in [0, 0.1) is 11.3 Å². The Balaban J connectivity index is 1.94. The Labute approximate surface area is 288 Å². The molecule has 0 atom stereocenters. The van der Waals surface area contributed by atoms with Crippen LogP contribution >= 0.6 is 0 Å². The SMILES string of the molecule is CCCCCCCC[Si](C)(C)O[Si](C)(C)O[Si](C)(C)O[Si](C)(C)O[Si](C)(C)O[Si](C)(C)Cc1ccc(-c2ccc(C#N)cc2)cc1. The van der Waals surface area contributed by atoms with Gasteiger partial charge in [-0.1, -0.05) is 81.8 Å². The van der Waals surface area contributed by atoms with Crippen LogP contribution in [-0.2, 0) is 26.6 Å². The minimum atomic E-state index is -2.56. The Bertz CT molecular complexity index is 1260. The lowest BCUT2D eigenvalue weighted by atomic mass is 10.0. The van der Waals surface area contributed by atoms with Gasteiger partial charge in [-0.2, -0.15) is 5.26 Å². The molecule has 0 aliphatic carbocycles. The van der Waals surface area contributed by atoms with Crippen molar-refractivity contribution in [2.45, 2.75) is 136 Å². The molecule has 0 spiro atoms. The normalized spacial score (nSPS) is 13.6. The van der Waals surface area contributed by atoms with Gasteiger partial charge in [-0.3, -0.25) is 0 Å². The fraction of sp³-hybridized carbons (Fsp3) is 0.618. The molecule has 0 radical (unpaired) electrons. The summed E-state index contributed by atoms with van der Waals surface area (Å²) in [4.78, 5) is 0. The van der Waals surface area contributed by atoms with E-state index in [0.29, 0.717) is 5.56 Å². The lowest BCUT2D eigenvalue weighted by Crippen LogP contribution is -2.60. The summed E-state index contributed by atoms with van der Waals surface area (Å²) in [7, 11) is -13.9. The van der Waals surface area contributed by atoms with Crippen molar-refractivity contribution < 1.29 is 20.6 Å². The van der Waals surface area contributed by atoms with Gasteiger partial charge in [-0.15, -0.1) is 0 Å². The molecule has 0 aromatic heterocycles. The lowest BCUT2D eigenvalue weighted by Gasteiger charge is -2.43. The first-order valence-electron chi connectivity index (χ1n) is 17.2. The van der Waals surface area contributed by atoms with Crippen LogP contribution in [0.5, 0.6) is 0 Å². The average Bonchev–Trinajstić information content (AvgIpc) is 2.87. The molecule has 258 valence electrons. The highest BCUT2D eigenvalue weighted by molar-refractivity contribution is 6.91. The summed E-state index contributed by atoms with van der Waals surface area (Å²) < 4.78 is 34.2. The Morgan fingerprint density at radius 1 is 0.500 bits per heavy atom. The van der Waals surface area contributed by atoms with Crippen LogP contribution in [-0.4, -0.2) is 50.9 Å². The molecule has 0 bridgehead atoms. The molecule has 0 aliphatic heterocycles. The van der Waals surface area contributed by atoms with Crippen molar-refractivity contribution >= 4 is 50.9 Å². The molecule has 0 aliphatic rings. The zero-order valence-corrected chi connectivity index (χ0v) is 37.3. The molecule has 0 saturated carbocycles. The summed E-state index contributed by atoms with van der Waals surface area (Å²) in [6, 6.07) is 20.7. The van der Waals surface area contributed by atoms with Crippen LogP contribution in [0.15, 0.2) is 48.5 Å². The lowest BCUT2D eigenvalue weighted by molar-refractivity contribution is 0.281. The Hall–Kier alpha value is -0.969. The van der Waals surface area contributed by atoms with E-state index in [2.05, 4.69) is 116 Å². The van der Waals surface area contributed by atoms with Gasteiger partial charge in [-0.05, 0) is 119 Å². The van der Waals surface area contributed by atoms with Gasteiger partial charge in [-0.25, -0.2) is 0 Å². The Kier molecular flexibility index (Phi) is 15.3. The predicted octanol–water partition coefficient (Wildman–Crippen LogP) is 11.0. The van der Waals surface area contributed by atoms with Crippen LogP contribution in [0.25, 0.3) is 11.1 Å². The molecule has 2 rings (SSSR count). The Morgan fingerprint density at radius 2 is 0.891 bits per heavy atom. The van der Waals surface area contributed by atoms with Gasteiger partial charge in [0.2, 0.25) is 0 Å². The van der Waals surface area contributed by atoms with Crippen molar-refractivity contribution in [1.29, 1.82) is 5.26 Å². The highest BCUT2D eigenvalue weighted by Crippen LogP contribution is 2.30. The number of hydrogen-bond acceptors (Lipinski definition) is 6. The number of nitriles is 1. The quantitative estimate of drug-likeness (QED) is 0.0997. The largest absolute Gasteiger partial charge is 0.436 e. The van der Waals surface area contributed by atoms with E-state index in [-0.39, 0.29) is 0 Å². The first-order chi connectivity index (χ1) is 21.1. The molecule has 2 aromatic carbocycles. The summed E-state index contributed by atoms with van der Waals surface area (Å²) >= 11 is 0. The van der Waals surface area contributed by atoms with Crippen molar-refractivity contribution in [2.24, 2.45) is 0 Å². The fourth-order valence-electron chi connectivity index (χ4n) is 6.65. The number of benzene rings is 2. The third-order valence-electron chi connectivity index (χ3n) is 7.58. The maximum Gasteiger partial charge on any atom is 0.314 e. The van der Waals surface area contributed by atoms with Gasteiger partial charge in [0.1, 0.15) is 0 Å². The molecule has 0 fully saturated rings. The van der Waals surface area contributed by atoms with Gasteiger partial charge in [0.05, 0.1) is 11.6 Å². The van der Waals surface area contributed by atoms with Crippen molar-refractivity contribution in [2.75, 3.05) is 0 Å². The molecular weight excluding hydrogens is 671 g/mol. The maximum atomic E-state index is 9.08. The zero-order chi connectivity index (χ0) is 34.9. The second-order valence-corrected chi connectivity index (χ2v) is 38.9. The molecule has 0 saturated heterocycles. The second-order valence-electron chi connectivity index (χ2n) is 15.7. The summed E-state index contributed by atoms with van der Waals surface area (Å²) in [6.45, 7) is 28.7. The van der Waals surface area contributed by atoms with Crippen molar-refractivity contribution in [3.05, 3.63) is 59.7 Å². The summed E-state index contributed by atoms with van der Waals surface area (Å²) in [6.07, 6.45) is 7.87. The average molecular weight is 734 g/mol. The summed E-state index contributed by atoms with van der Waals surface area (Å²) in [5.74, 6) is 0. The number of rotatable bonds is 20. The first kappa shape index (κ1) is 41.2. The third kappa shape index (κ3) is 16.0. The Morgan fingerprint density at radius 3 is 1.35 bits per heavy atom. The van der Waals surface area contributed by atoms with E-state index in [1.165, 1.54) is 50.1 Å². The summed E-state index contributed by atoms with van der Waals surface area (Å²) in [5, 5.41) is 9.08. The molecular formula is C34H63NO5Si6. The molecule has 0 heterocycles. The maximum absolute atomic E-state index is 9.08. The van der Waals surface area contributed by atoms with Gasteiger partial charge < -0.3 is 20.6 Å². The smallest absolute Gasteiger partial charge is 0.314 e. The van der Waals surface area contributed by atoms with Gasteiger partial charge in [0.25, 0.3) is 0 Å². The van der Waals surface area contributed by atoms with E-state index in [1.54, 1.807) is 0 Å².